The minimum absolute atomic E-state index is 0.0167. The average Bonchev–Trinajstić information content (AvgIpc) is 3.15. The largest absolute Gasteiger partial charge is 0.411 e. The molecule has 0 aromatic heterocycles. The van der Waals surface area contributed by atoms with Crippen molar-refractivity contribution in [2.24, 2.45) is 51.0 Å². The fraction of sp³-hybridized carbons (Fsp3) is 0.967. The van der Waals surface area contributed by atoms with Gasteiger partial charge in [-0.3, -0.25) is 0 Å². The Balaban J connectivity index is 1.21. The SMILES string of the molecule is CCCCCCCCC1CCC2C3CCC4C[C@]5(CC[C@]4(C)C3CC[C@]12C)C/C(=N\O)C5Cl. The van der Waals surface area contributed by atoms with Crippen molar-refractivity contribution in [3.05, 3.63) is 0 Å². The van der Waals surface area contributed by atoms with Gasteiger partial charge in [0.2, 0.25) is 0 Å². The van der Waals surface area contributed by atoms with Crippen LogP contribution in [0.25, 0.3) is 0 Å². The van der Waals surface area contributed by atoms with Crippen LogP contribution in [0.2, 0.25) is 0 Å². The third kappa shape index (κ3) is 3.92. The van der Waals surface area contributed by atoms with Gasteiger partial charge in [-0.25, -0.2) is 0 Å². The van der Waals surface area contributed by atoms with Crippen LogP contribution in [0.15, 0.2) is 5.16 Å². The molecule has 3 heteroatoms. The molecule has 0 amide bonds. The Kier molecular flexibility index (Phi) is 6.91. The number of unbranched alkanes of at least 4 members (excludes halogenated alkanes) is 5. The molecule has 0 bridgehead atoms. The Bertz CT molecular complexity index is 737. The summed E-state index contributed by atoms with van der Waals surface area (Å²) in [5.74, 6) is 4.75. The van der Waals surface area contributed by atoms with E-state index in [1.807, 2.05) is 0 Å². The normalized spacial score (nSPS) is 50.0. The van der Waals surface area contributed by atoms with Crippen LogP contribution in [0.4, 0.5) is 0 Å². The molecule has 9 atom stereocenters. The van der Waals surface area contributed by atoms with Gasteiger partial charge in [0.25, 0.3) is 0 Å². The van der Waals surface area contributed by atoms with Crippen LogP contribution in [0.5, 0.6) is 0 Å². The molecule has 5 saturated carbocycles. The molecular weight excluding hydrogens is 426 g/mol. The third-order valence-electron chi connectivity index (χ3n) is 12.5. The Hall–Kier alpha value is -0.240. The van der Waals surface area contributed by atoms with Crippen LogP contribution in [-0.4, -0.2) is 16.3 Å². The second-order valence-corrected chi connectivity index (χ2v) is 14.2. The summed E-state index contributed by atoms with van der Waals surface area (Å²) in [5, 5.41) is 12.7. The van der Waals surface area contributed by atoms with Gasteiger partial charge in [-0.1, -0.05) is 64.5 Å². The number of halogens is 1. The van der Waals surface area contributed by atoms with Crippen molar-refractivity contribution in [3.8, 4) is 0 Å². The highest BCUT2D eigenvalue weighted by molar-refractivity contribution is 6.35. The summed E-state index contributed by atoms with van der Waals surface area (Å²) in [4.78, 5) is 0. The molecule has 0 aromatic rings. The summed E-state index contributed by atoms with van der Waals surface area (Å²) < 4.78 is 0. The quantitative estimate of drug-likeness (QED) is 0.169. The van der Waals surface area contributed by atoms with Crippen molar-refractivity contribution in [3.63, 3.8) is 0 Å². The fourth-order valence-electron chi connectivity index (χ4n) is 10.4. The van der Waals surface area contributed by atoms with Crippen molar-refractivity contribution < 1.29 is 5.21 Å². The number of rotatable bonds is 7. The van der Waals surface area contributed by atoms with Crippen molar-refractivity contribution in [1.29, 1.82) is 0 Å². The molecule has 1 N–H and O–H groups in total. The van der Waals surface area contributed by atoms with Gasteiger partial charge in [0.1, 0.15) is 0 Å². The molecule has 33 heavy (non-hydrogen) atoms. The van der Waals surface area contributed by atoms with Gasteiger partial charge in [0.05, 0.1) is 11.1 Å². The van der Waals surface area contributed by atoms with Gasteiger partial charge in [-0.2, -0.15) is 0 Å². The van der Waals surface area contributed by atoms with Gasteiger partial charge in [-0.15, -0.1) is 11.6 Å². The topological polar surface area (TPSA) is 32.6 Å². The van der Waals surface area contributed by atoms with Gasteiger partial charge in [0, 0.05) is 0 Å². The van der Waals surface area contributed by atoms with Gasteiger partial charge >= 0.3 is 0 Å². The molecule has 5 aliphatic rings. The summed E-state index contributed by atoms with van der Waals surface area (Å²) in [7, 11) is 0. The number of fused-ring (bicyclic) bond motifs is 5. The lowest BCUT2D eigenvalue weighted by atomic mass is 9.41. The van der Waals surface area contributed by atoms with E-state index >= 15 is 0 Å². The number of hydrogen-bond donors (Lipinski definition) is 1. The zero-order chi connectivity index (χ0) is 23.3. The fourth-order valence-corrected chi connectivity index (χ4v) is 10.8. The molecule has 188 valence electrons. The van der Waals surface area contributed by atoms with E-state index in [4.69, 9.17) is 11.6 Å². The zero-order valence-electron chi connectivity index (χ0n) is 21.8. The van der Waals surface area contributed by atoms with Crippen LogP contribution in [-0.2, 0) is 0 Å². The van der Waals surface area contributed by atoms with Crippen LogP contribution < -0.4 is 0 Å². The van der Waals surface area contributed by atoms with Crippen LogP contribution in [0.1, 0.15) is 130 Å². The van der Waals surface area contributed by atoms with Crippen molar-refractivity contribution in [2.75, 3.05) is 0 Å². The Morgan fingerprint density at radius 3 is 2.39 bits per heavy atom. The summed E-state index contributed by atoms with van der Waals surface area (Å²) in [5.41, 5.74) is 2.23. The molecule has 0 aromatic carbocycles. The molecule has 0 radical (unpaired) electrons. The Labute approximate surface area is 208 Å². The number of alkyl halides is 1. The minimum Gasteiger partial charge on any atom is -0.411 e. The molecule has 0 heterocycles. The maximum Gasteiger partial charge on any atom is 0.0811 e. The Morgan fingerprint density at radius 1 is 0.879 bits per heavy atom. The van der Waals surface area contributed by atoms with Crippen LogP contribution in [0.3, 0.4) is 0 Å². The van der Waals surface area contributed by atoms with Crippen LogP contribution >= 0.6 is 11.6 Å². The van der Waals surface area contributed by atoms with Crippen molar-refractivity contribution in [2.45, 2.75) is 135 Å². The average molecular weight is 476 g/mol. The molecule has 0 saturated heterocycles. The van der Waals surface area contributed by atoms with E-state index in [1.165, 1.54) is 103 Å². The minimum atomic E-state index is -0.0167. The monoisotopic (exact) mass is 475 g/mol. The van der Waals surface area contributed by atoms with E-state index in [0.717, 1.165) is 41.7 Å². The van der Waals surface area contributed by atoms with Gasteiger partial charge < -0.3 is 5.21 Å². The first-order valence-corrected chi connectivity index (χ1v) is 15.2. The van der Waals surface area contributed by atoms with E-state index in [1.54, 1.807) is 0 Å². The van der Waals surface area contributed by atoms with Gasteiger partial charge in [-0.05, 0) is 116 Å². The van der Waals surface area contributed by atoms with E-state index in [9.17, 15) is 5.21 Å². The molecule has 5 aliphatic carbocycles. The number of oxime groups is 1. The predicted octanol–water partition coefficient (Wildman–Crippen LogP) is 9.22. The van der Waals surface area contributed by atoms with Gasteiger partial charge in [0.15, 0.2) is 0 Å². The first kappa shape index (κ1) is 24.5. The summed E-state index contributed by atoms with van der Waals surface area (Å²) in [6.07, 6.45) is 23.9. The summed E-state index contributed by atoms with van der Waals surface area (Å²) in [6, 6.07) is 0. The molecule has 5 rings (SSSR count). The molecule has 1 spiro atoms. The lowest BCUT2D eigenvalue weighted by Crippen LogP contribution is -2.59. The third-order valence-corrected chi connectivity index (χ3v) is 13.2. The maximum atomic E-state index is 9.25. The smallest absolute Gasteiger partial charge is 0.0811 e. The lowest BCUT2D eigenvalue weighted by molar-refractivity contribution is -0.132. The van der Waals surface area contributed by atoms with E-state index in [0.29, 0.717) is 10.8 Å². The highest BCUT2D eigenvalue weighted by Crippen LogP contribution is 2.70. The molecule has 0 aliphatic heterocycles. The summed E-state index contributed by atoms with van der Waals surface area (Å²) in [6.45, 7) is 7.71. The second kappa shape index (κ2) is 9.33. The molecular formula is C30H50ClNO. The second-order valence-electron chi connectivity index (χ2n) is 13.7. The van der Waals surface area contributed by atoms with Crippen molar-refractivity contribution >= 4 is 17.3 Å². The highest BCUT2D eigenvalue weighted by Gasteiger charge is 2.63. The zero-order valence-corrected chi connectivity index (χ0v) is 22.5. The number of nitrogens with zero attached hydrogens (tertiary/aromatic N) is 1. The highest BCUT2D eigenvalue weighted by atomic mass is 35.5. The van der Waals surface area contributed by atoms with E-state index in [2.05, 4.69) is 25.9 Å². The maximum absolute atomic E-state index is 9.25. The lowest BCUT2D eigenvalue weighted by Gasteiger charge is -2.64. The first-order chi connectivity index (χ1) is 15.9. The van der Waals surface area contributed by atoms with E-state index in [-0.39, 0.29) is 10.8 Å². The predicted molar refractivity (Wildman–Crippen MR) is 139 cm³/mol. The summed E-state index contributed by atoms with van der Waals surface area (Å²) >= 11 is 6.76. The standard InChI is InChI=1S/C30H50ClNO/c1-4-5-6-7-8-9-10-21-12-14-24-23-13-11-22-19-30(20-26(32-33)27(30)31)18-17-29(22,3)25(23)15-16-28(21,24)2/h21-25,27,33H,4-20H2,1-3H3/b32-26+/t21?,22?,23?,24?,25?,27?,28-,29+,30-/m1/s1. The molecule has 6 unspecified atom stereocenters. The Morgan fingerprint density at radius 2 is 1.64 bits per heavy atom. The molecule has 5 fully saturated rings. The van der Waals surface area contributed by atoms with E-state index < -0.39 is 0 Å². The van der Waals surface area contributed by atoms with Crippen LogP contribution in [0, 0.1) is 45.8 Å². The number of hydrogen-bond acceptors (Lipinski definition) is 2. The molecule has 2 nitrogen and oxygen atoms in total. The first-order valence-electron chi connectivity index (χ1n) is 14.7. The van der Waals surface area contributed by atoms with Crippen molar-refractivity contribution in [1.82, 2.24) is 0 Å².